The molecule has 0 aliphatic carbocycles. The van der Waals surface area contributed by atoms with Crippen molar-refractivity contribution in [2.75, 3.05) is 0 Å². The molecular weight excluding hydrogens is 1070 g/mol. The van der Waals surface area contributed by atoms with E-state index >= 15 is 0 Å². The van der Waals surface area contributed by atoms with Gasteiger partial charge in [0.25, 0.3) is 0 Å². The van der Waals surface area contributed by atoms with Gasteiger partial charge in [0.05, 0.1) is 0 Å². The molecule has 0 saturated carbocycles. The number of para-hydroxylation sites is 2. The molecule has 0 bridgehead atoms. The van der Waals surface area contributed by atoms with Crippen LogP contribution in [-0.4, -0.2) is 19.9 Å². The summed E-state index contributed by atoms with van der Waals surface area (Å²) in [5.74, 6) is 0. The van der Waals surface area contributed by atoms with E-state index in [-0.39, 0.29) is 42.1 Å². The molecule has 0 fully saturated rings. The summed E-state index contributed by atoms with van der Waals surface area (Å²) in [4.78, 5) is 26.5. The Morgan fingerprint density at radius 2 is 0.810 bits per heavy atom. The van der Waals surface area contributed by atoms with Crippen LogP contribution in [0, 0.1) is 26.0 Å². The van der Waals surface area contributed by atoms with Crippen LogP contribution in [0.2, 0.25) is 0 Å². The molecule has 0 radical (unpaired) electrons. The zero-order valence-corrected chi connectivity index (χ0v) is 36.0. The molecule has 6 heterocycles. The molecule has 12 aromatic rings. The molecule has 6 aromatic heterocycles. The Morgan fingerprint density at radius 1 is 0.397 bits per heavy atom. The maximum absolute atomic E-state index is 4.46. The van der Waals surface area contributed by atoms with Gasteiger partial charge in [-0.15, -0.1) is 70.1 Å². The summed E-state index contributed by atoms with van der Waals surface area (Å²) in [6.45, 7) is 3.97. The minimum absolute atomic E-state index is 0. The number of aromatic nitrogens is 6. The fraction of sp³-hybridized carbons (Fsp3) is 0.0400. The number of nitrogens with zero attached hydrogens (tertiary/aromatic N) is 6. The molecule has 6 nitrogen and oxygen atoms in total. The number of hydrogen-bond acceptors (Lipinski definition) is 4. The van der Waals surface area contributed by atoms with Crippen LogP contribution >= 0.6 is 0 Å². The molecule has 0 aliphatic rings. The number of hydrogen-bond donors (Lipinski definition) is 0. The predicted octanol–water partition coefficient (Wildman–Crippen LogP) is 11.7. The number of pyridine rings is 4. The van der Waals surface area contributed by atoms with Crippen molar-refractivity contribution >= 4 is 87.2 Å². The first-order valence-corrected chi connectivity index (χ1v) is 18.4. The fourth-order valence-corrected chi connectivity index (χ4v) is 6.97. The van der Waals surface area contributed by atoms with Crippen molar-refractivity contribution in [1.29, 1.82) is 0 Å². The van der Waals surface area contributed by atoms with Crippen molar-refractivity contribution in [3.63, 3.8) is 0 Å². The SMILES string of the molecule is Cc1ccc2c(n1)[n-]c1ccccc12.Cc1ccc2c(n1)[n-]c1ccccc12.[Pt+2].[Pt+2].[c-]1cccc2ccc3cccnc3c12.[c-]1cccc2ccc3cccnc3c12. The van der Waals surface area contributed by atoms with E-state index in [4.69, 9.17) is 0 Å². The maximum atomic E-state index is 4.46. The van der Waals surface area contributed by atoms with E-state index in [0.717, 1.165) is 66.3 Å². The number of benzene rings is 6. The molecule has 58 heavy (non-hydrogen) atoms. The van der Waals surface area contributed by atoms with Crippen molar-refractivity contribution in [3.8, 4) is 0 Å². The molecule has 0 N–H and O–H groups in total. The quantitative estimate of drug-likeness (QED) is 0.111. The van der Waals surface area contributed by atoms with Crippen molar-refractivity contribution in [3.05, 3.63) is 194 Å². The number of aryl methyl sites for hydroxylation is 2. The minimum atomic E-state index is 0. The third-order valence-corrected chi connectivity index (χ3v) is 9.68. The Labute approximate surface area is 364 Å². The first kappa shape index (κ1) is 40.1. The van der Waals surface area contributed by atoms with Crippen molar-refractivity contribution in [2.24, 2.45) is 0 Å². The zero-order valence-electron chi connectivity index (χ0n) is 31.5. The van der Waals surface area contributed by atoms with Gasteiger partial charge in [-0.2, -0.15) is 0 Å². The molecule has 8 heteroatoms. The second-order valence-corrected chi connectivity index (χ2v) is 13.5. The minimum Gasteiger partial charge on any atom is -0.439 e. The van der Waals surface area contributed by atoms with Crippen LogP contribution in [0.4, 0.5) is 0 Å². The smallest absolute Gasteiger partial charge is 0.439 e. The zero-order chi connectivity index (χ0) is 37.8. The van der Waals surface area contributed by atoms with Gasteiger partial charge in [0.1, 0.15) is 0 Å². The van der Waals surface area contributed by atoms with E-state index in [1.165, 1.54) is 32.3 Å². The first-order chi connectivity index (χ1) is 27.6. The molecule has 284 valence electrons. The van der Waals surface area contributed by atoms with Crippen LogP contribution in [0.25, 0.3) is 87.2 Å². The van der Waals surface area contributed by atoms with Gasteiger partial charge in [-0.3, -0.25) is 0 Å². The Kier molecular flexibility index (Phi) is 12.5. The van der Waals surface area contributed by atoms with Crippen LogP contribution in [0.15, 0.2) is 170 Å². The molecule has 0 aliphatic heterocycles. The van der Waals surface area contributed by atoms with E-state index in [0.29, 0.717) is 0 Å². The van der Waals surface area contributed by atoms with Gasteiger partial charge in [-0.25, -0.2) is 0 Å². The molecule has 0 spiro atoms. The Bertz CT molecular complexity index is 2990. The summed E-state index contributed by atoms with van der Waals surface area (Å²) in [5, 5.41) is 11.6. The van der Waals surface area contributed by atoms with Crippen LogP contribution < -0.4 is 9.97 Å². The summed E-state index contributed by atoms with van der Waals surface area (Å²) in [6.07, 6.45) is 3.64. The molecule has 0 unspecified atom stereocenters. The predicted molar refractivity (Wildman–Crippen MR) is 231 cm³/mol. The summed E-state index contributed by atoms with van der Waals surface area (Å²) in [7, 11) is 0. The van der Waals surface area contributed by atoms with Gasteiger partial charge < -0.3 is 29.9 Å². The molecular formula is C50H34N6Pt2. The molecule has 6 aromatic carbocycles. The summed E-state index contributed by atoms with van der Waals surface area (Å²) >= 11 is 0. The van der Waals surface area contributed by atoms with Crippen LogP contribution in [-0.2, 0) is 42.1 Å². The van der Waals surface area contributed by atoms with Crippen LogP contribution in [0.5, 0.6) is 0 Å². The normalized spacial score (nSPS) is 10.7. The Morgan fingerprint density at radius 3 is 1.28 bits per heavy atom. The van der Waals surface area contributed by atoms with Crippen molar-refractivity contribution < 1.29 is 42.1 Å². The molecule has 0 saturated heterocycles. The molecule has 0 amide bonds. The van der Waals surface area contributed by atoms with E-state index in [9.17, 15) is 0 Å². The van der Waals surface area contributed by atoms with Gasteiger partial charge in [-0.05, 0) is 80.4 Å². The van der Waals surface area contributed by atoms with Gasteiger partial charge in [0.2, 0.25) is 0 Å². The van der Waals surface area contributed by atoms with E-state index in [1.54, 1.807) is 0 Å². The van der Waals surface area contributed by atoms with E-state index in [1.807, 2.05) is 111 Å². The Hall–Kier alpha value is -6.06. The standard InChI is InChI=1S/2C13H8N.2C12H9N2.2Pt/c2*1-2-6-12-10(4-1)7-8-11-5-3-9-14-13(11)12;2*1-8-6-7-10-9-4-2-3-5-11(9)14-12(10)13-8;;/h2*1-5,7-9H;2*2-7H,1H3;;/q4*-1;2*+2. The number of rotatable bonds is 0. The second kappa shape index (κ2) is 18.0. The molecule has 0 atom stereocenters. The van der Waals surface area contributed by atoms with Gasteiger partial charge >= 0.3 is 42.1 Å². The fourth-order valence-electron chi connectivity index (χ4n) is 6.97. The largest absolute Gasteiger partial charge is 2.00 e. The van der Waals surface area contributed by atoms with Gasteiger partial charge in [-0.1, -0.05) is 132 Å². The summed E-state index contributed by atoms with van der Waals surface area (Å²) in [5.41, 5.74) is 7.86. The third kappa shape index (κ3) is 8.31. The van der Waals surface area contributed by atoms with Crippen LogP contribution in [0.1, 0.15) is 11.4 Å². The first-order valence-electron chi connectivity index (χ1n) is 18.4. The van der Waals surface area contributed by atoms with Gasteiger partial charge in [0.15, 0.2) is 0 Å². The van der Waals surface area contributed by atoms with E-state index < -0.39 is 0 Å². The second-order valence-electron chi connectivity index (χ2n) is 13.5. The average molecular weight is 1110 g/mol. The van der Waals surface area contributed by atoms with Crippen LogP contribution in [0.3, 0.4) is 0 Å². The van der Waals surface area contributed by atoms with E-state index in [2.05, 4.69) is 115 Å². The third-order valence-electron chi connectivity index (χ3n) is 9.68. The van der Waals surface area contributed by atoms with Crippen molar-refractivity contribution in [1.82, 2.24) is 29.9 Å². The van der Waals surface area contributed by atoms with Gasteiger partial charge in [0, 0.05) is 12.4 Å². The monoisotopic (exact) mass is 1110 g/mol. The molecule has 12 rings (SSSR count). The maximum Gasteiger partial charge on any atom is 2.00 e. The topological polar surface area (TPSA) is 79.8 Å². The summed E-state index contributed by atoms with van der Waals surface area (Å²) in [6, 6.07) is 59.4. The average Bonchev–Trinajstić information content (AvgIpc) is 3.81. The van der Waals surface area contributed by atoms with Crippen molar-refractivity contribution in [2.45, 2.75) is 13.8 Å². The summed E-state index contributed by atoms with van der Waals surface area (Å²) < 4.78 is 0. The Balaban J connectivity index is 0.000000116. The number of fused-ring (bicyclic) bond motifs is 12.